The fraction of sp³-hybridized carbons (Fsp3) is 0.133. The van der Waals surface area contributed by atoms with Crippen LogP contribution in [-0.4, -0.2) is 12.5 Å². The Labute approximate surface area is 126 Å². The topological polar surface area (TPSA) is 38.3 Å². The molecule has 98 valence electrons. The van der Waals surface area contributed by atoms with Gasteiger partial charge in [0.1, 0.15) is 5.75 Å². The smallest absolute Gasteiger partial charge is 0.262 e. The summed E-state index contributed by atoms with van der Waals surface area (Å²) in [5, 5.41) is 2.78. The summed E-state index contributed by atoms with van der Waals surface area (Å²) in [6.45, 7) is 2.02. The molecule has 0 radical (unpaired) electrons. The lowest BCUT2D eigenvalue weighted by molar-refractivity contribution is -0.118. The number of ether oxygens (including phenoxy) is 1. The van der Waals surface area contributed by atoms with Crippen LogP contribution in [0.2, 0.25) is 0 Å². The second-order valence-electron chi connectivity index (χ2n) is 4.16. The standard InChI is InChI=1S/C15H14INO2/c1-11-2-8-14(9-3-11)19-10-15(18)17-13-6-4-12(16)5-7-13/h2-9H,10H2,1H3,(H,17,18). The van der Waals surface area contributed by atoms with E-state index in [9.17, 15) is 4.79 Å². The third-order valence-corrected chi connectivity index (χ3v) is 3.24. The number of benzene rings is 2. The molecule has 0 saturated carbocycles. The van der Waals surface area contributed by atoms with Gasteiger partial charge in [0.05, 0.1) is 0 Å². The van der Waals surface area contributed by atoms with E-state index in [1.165, 1.54) is 0 Å². The maximum absolute atomic E-state index is 11.7. The lowest BCUT2D eigenvalue weighted by atomic mass is 10.2. The number of aryl methyl sites for hydroxylation is 1. The van der Waals surface area contributed by atoms with Gasteiger partial charge >= 0.3 is 0 Å². The van der Waals surface area contributed by atoms with Gasteiger partial charge in [-0.15, -0.1) is 0 Å². The SMILES string of the molecule is Cc1ccc(OCC(=O)Nc2ccc(I)cc2)cc1. The predicted molar refractivity (Wildman–Crippen MR) is 84.5 cm³/mol. The van der Waals surface area contributed by atoms with Gasteiger partial charge in [-0.2, -0.15) is 0 Å². The predicted octanol–water partition coefficient (Wildman–Crippen LogP) is 3.62. The van der Waals surface area contributed by atoms with E-state index < -0.39 is 0 Å². The van der Waals surface area contributed by atoms with Crippen molar-refractivity contribution in [1.29, 1.82) is 0 Å². The van der Waals surface area contributed by atoms with Gasteiger partial charge in [-0.25, -0.2) is 0 Å². The highest BCUT2D eigenvalue weighted by molar-refractivity contribution is 14.1. The number of halogens is 1. The highest BCUT2D eigenvalue weighted by atomic mass is 127. The van der Waals surface area contributed by atoms with Crippen LogP contribution in [0.25, 0.3) is 0 Å². The molecular weight excluding hydrogens is 353 g/mol. The lowest BCUT2D eigenvalue weighted by Gasteiger charge is -2.07. The number of carbonyl (C=O) groups is 1. The maximum Gasteiger partial charge on any atom is 0.262 e. The summed E-state index contributed by atoms with van der Waals surface area (Å²) in [4.78, 5) is 11.7. The molecule has 3 nitrogen and oxygen atoms in total. The molecule has 1 N–H and O–H groups in total. The molecule has 19 heavy (non-hydrogen) atoms. The molecule has 0 fully saturated rings. The fourth-order valence-electron chi connectivity index (χ4n) is 1.51. The Kier molecular flexibility index (Phi) is 4.79. The van der Waals surface area contributed by atoms with Gasteiger partial charge in [-0.1, -0.05) is 17.7 Å². The largest absolute Gasteiger partial charge is 0.484 e. The van der Waals surface area contributed by atoms with Crippen LogP contribution < -0.4 is 10.1 Å². The summed E-state index contributed by atoms with van der Waals surface area (Å²) in [5.74, 6) is 0.533. The number of hydrogen-bond donors (Lipinski definition) is 1. The van der Waals surface area contributed by atoms with Crippen molar-refractivity contribution >= 4 is 34.2 Å². The van der Waals surface area contributed by atoms with Gasteiger partial charge in [0.2, 0.25) is 0 Å². The van der Waals surface area contributed by atoms with Crippen LogP contribution in [0.3, 0.4) is 0 Å². The van der Waals surface area contributed by atoms with Crippen molar-refractivity contribution in [3.05, 3.63) is 57.7 Å². The van der Waals surface area contributed by atoms with Crippen LogP contribution in [0, 0.1) is 10.5 Å². The van der Waals surface area contributed by atoms with Crippen molar-refractivity contribution in [2.24, 2.45) is 0 Å². The third kappa shape index (κ3) is 4.55. The fourth-order valence-corrected chi connectivity index (χ4v) is 1.87. The average Bonchev–Trinajstić information content (AvgIpc) is 2.41. The zero-order chi connectivity index (χ0) is 13.7. The Bertz CT molecular complexity index is 549. The van der Waals surface area contributed by atoms with E-state index >= 15 is 0 Å². The Morgan fingerprint density at radius 3 is 2.37 bits per heavy atom. The Morgan fingerprint density at radius 1 is 1.11 bits per heavy atom. The number of anilines is 1. The molecule has 0 bridgehead atoms. The second-order valence-corrected chi connectivity index (χ2v) is 5.40. The van der Waals surface area contributed by atoms with E-state index in [1.807, 2.05) is 55.5 Å². The van der Waals surface area contributed by atoms with Crippen molar-refractivity contribution in [2.45, 2.75) is 6.92 Å². The molecule has 0 spiro atoms. The zero-order valence-electron chi connectivity index (χ0n) is 10.5. The molecule has 0 unspecified atom stereocenters. The molecule has 2 rings (SSSR count). The van der Waals surface area contributed by atoms with Crippen molar-refractivity contribution in [1.82, 2.24) is 0 Å². The van der Waals surface area contributed by atoms with Gasteiger partial charge < -0.3 is 10.1 Å². The number of rotatable bonds is 4. The molecule has 4 heteroatoms. The van der Waals surface area contributed by atoms with Gasteiger partial charge in [0, 0.05) is 9.26 Å². The first-order valence-electron chi connectivity index (χ1n) is 5.88. The molecule has 0 aliphatic heterocycles. The molecule has 2 aromatic carbocycles. The maximum atomic E-state index is 11.7. The van der Waals surface area contributed by atoms with Crippen LogP contribution in [0.4, 0.5) is 5.69 Å². The molecule has 1 amide bonds. The quantitative estimate of drug-likeness (QED) is 0.839. The molecule has 0 aliphatic carbocycles. The molecule has 0 heterocycles. The summed E-state index contributed by atoms with van der Waals surface area (Å²) in [6, 6.07) is 15.2. The van der Waals surface area contributed by atoms with Crippen LogP contribution >= 0.6 is 22.6 Å². The molecule has 0 aliphatic rings. The van der Waals surface area contributed by atoms with Gasteiger partial charge in [0.25, 0.3) is 5.91 Å². The minimum Gasteiger partial charge on any atom is -0.484 e. The molecule has 0 saturated heterocycles. The van der Waals surface area contributed by atoms with E-state index in [2.05, 4.69) is 27.9 Å². The van der Waals surface area contributed by atoms with E-state index in [-0.39, 0.29) is 12.5 Å². The van der Waals surface area contributed by atoms with E-state index in [4.69, 9.17) is 4.74 Å². The number of nitrogens with one attached hydrogen (secondary N) is 1. The summed E-state index contributed by atoms with van der Waals surface area (Å²) in [6.07, 6.45) is 0. The summed E-state index contributed by atoms with van der Waals surface area (Å²) in [5.41, 5.74) is 1.94. The van der Waals surface area contributed by atoms with Gasteiger partial charge in [-0.3, -0.25) is 4.79 Å². The van der Waals surface area contributed by atoms with Crippen LogP contribution in [-0.2, 0) is 4.79 Å². The van der Waals surface area contributed by atoms with E-state index in [0.717, 1.165) is 14.8 Å². The normalized spacial score (nSPS) is 10.0. The minimum atomic E-state index is -0.165. The molecule has 0 atom stereocenters. The van der Waals surface area contributed by atoms with Crippen molar-refractivity contribution in [3.8, 4) is 5.75 Å². The van der Waals surface area contributed by atoms with E-state index in [1.54, 1.807) is 0 Å². The summed E-state index contributed by atoms with van der Waals surface area (Å²) in [7, 11) is 0. The average molecular weight is 367 g/mol. The van der Waals surface area contributed by atoms with Crippen LogP contribution in [0.1, 0.15) is 5.56 Å². The van der Waals surface area contributed by atoms with Crippen molar-refractivity contribution in [2.75, 3.05) is 11.9 Å². The second kappa shape index (κ2) is 6.56. The summed E-state index contributed by atoms with van der Waals surface area (Å²) >= 11 is 2.22. The zero-order valence-corrected chi connectivity index (χ0v) is 12.7. The monoisotopic (exact) mass is 367 g/mol. The van der Waals surface area contributed by atoms with Crippen LogP contribution in [0.5, 0.6) is 5.75 Å². The first-order valence-corrected chi connectivity index (χ1v) is 6.96. The number of amides is 1. The molecular formula is C15H14INO2. The first kappa shape index (κ1) is 13.9. The third-order valence-electron chi connectivity index (χ3n) is 2.52. The highest BCUT2D eigenvalue weighted by Gasteiger charge is 2.03. The number of hydrogen-bond acceptors (Lipinski definition) is 2. The first-order chi connectivity index (χ1) is 9.13. The highest BCUT2D eigenvalue weighted by Crippen LogP contribution is 2.13. The number of carbonyl (C=O) groups excluding carboxylic acids is 1. The van der Waals surface area contributed by atoms with Crippen molar-refractivity contribution < 1.29 is 9.53 Å². The van der Waals surface area contributed by atoms with E-state index in [0.29, 0.717) is 5.75 Å². The van der Waals surface area contributed by atoms with Crippen LogP contribution in [0.15, 0.2) is 48.5 Å². The lowest BCUT2D eigenvalue weighted by Crippen LogP contribution is -2.20. The Morgan fingerprint density at radius 2 is 1.74 bits per heavy atom. The molecule has 0 aromatic heterocycles. The Balaban J connectivity index is 1.84. The van der Waals surface area contributed by atoms with Gasteiger partial charge in [0.15, 0.2) is 6.61 Å². The van der Waals surface area contributed by atoms with Gasteiger partial charge in [-0.05, 0) is 65.9 Å². The summed E-state index contributed by atoms with van der Waals surface area (Å²) < 4.78 is 6.54. The van der Waals surface area contributed by atoms with Crippen molar-refractivity contribution in [3.63, 3.8) is 0 Å². The molecule has 2 aromatic rings. The minimum absolute atomic E-state index is 0.00898. The Hall–Kier alpha value is -1.56.